The van der Waals surface area contributed by atoms with Crippen LogP contribution in [0.25, 0.3) is 0 Å². The van der Waals surface area contributed by atoms with E-state index in [2.05, 4.69) is 23.2 Å². The van der Waals surface area contributed by atoms with Crippen molar-refractivity contribution in [1.82, 2.24) is 5.32 Å². The maximum Gasteiger partial charge on any atom is 0.407 e. The van der Waals surface area contributed by atoms with E-state index < -0.39 is 49.8 Å². The predicted octanol–water partition coefficient (Wildman–Crippen LogP) is 1.19. The van der Waals surface area contributed by atoms with Gasteiger partial charge in [-0.05, 0) is 6.92 Å². The van der Waals surface area contributed by atoms with Gasteiger partial charge in [0.05, 0.1) is 0 Å². The zero-order chi connectivity index (χ0) is 17.2. The number of hydrogen-bond acceptors (Lipinski definition) is 6. The van der Waals surface area contributed by atoms with Gasteiger partial charge in [-0.25, -0.2) is 23.2 Å². The molecule has 0 aliphatic rings. The van der Waals surface area contributed by atoms with Crippen molar-refractivity contribution in [2.24, 2.45) is 0 Å². The zero-order valence-electron chi connectivity index (χ0n) is 12.0. The van der Waals surface area contributed by atoms with E-state index in [0.29, 0.717) is 0 Å². The van der Waals surface area contributed by atoms with Crippen molar-refractivity contribution in [3.05, 3.63) is 25.3 Å². The number of carbonyl (C=O) groups is 3. The Balaban J connectivity index is 4.70. The lowest BCUT2D eigenvalue weighted by Crippen LogP contribution is -2.53. The summed E-state index contributed by atoms with van der Waals surface area (Å²) in [7, 11) is 0. The molecule has 124 valence electrons. The Morgan fingerprint density at radius 1 is 1.09 bits per heavy atom. The minimum absolute atomic E-state index is 0.397. The van der Waals surface area contributed by atoms with Crippen LogP contribution in [-0.2, 0) is 23.8 Å². The highest BCUT2D eigenvalue weighted by Crippen LogP contribution is 2.08. The molecular weight excluding hydrogens is 304 g/mol. The van der Waals surface area contributed by atoms with Gasteiger partial charge in [0.1, 0.15) is 18.8 Å². The maximum atomic E-state index is 12.0. The number of nitrogens with one attached hydrogen (secondary N) is 1. The summed E-state index contributed by atoms with van der Waals surface area (Å²) >= 11 is 0. The maximum absolute atomic E-state index is 12.0. The first kappa shape index (κ1) is 19.6. The third kappa shape index (κ3) is 8.67. The normalized spacial score (nSPS) is 10.5. The predicted molar refractivity (Wildman–Crippen MR) is 71.2 cm³/mol. The number of hydrogen-bond donors (Lipinski definition) is 1. The molecule has 0 aromatic rings. The van der Waals surface area contributed by atoms with Gasteiger partial charge in [-0.3, -0.25) is 0 Å². The van der Waals surface area contributed by atoms with Crippen LogP contribution in [0.15, 0.2) is 25.3 Å². The molecule has 9 heteroatoms. The van der Waals surface area contributed by atoms with Gasteiger partial charge in [0.15, 0.2) is 6.61 Å². The fourth-order valence-corrected chi connectivity index (χ4v) is 1.11. The monoisotopic (exact) mass is 321 g/mol. The Hall–Kier alpha value is -2.45. The van der Waals surface area contributed by atoms with Gasteiger partial charge in [0, 0.05) is 12.2 Å². The van der Waals surface area contributed by atoms with E-state index in [9.17, 15) is 23.2 Å². The molecule has 0 unspecified atom stereocenters. The highest BCUT2D eigenvalue weighted by molar-refractivity contribution is 5.81. The first-order chi connectivity index (χ1) is 10.2. The molecule has 0 aliphatic carbocycles. The van der Waals surface area contributed by atoms with Crippen LogP contribution in [0.2, 0.25) is 0 Å². The van der Waals surface area contributed by atoms with Crippen molar-refractivity contribution in [1.29, 1.82) is 0 Å². The van der Waals surface area contributed by atoms with E-state index in [1.54, 1.807) is 0 Å². The van der Waals surface area contributed by atoms with Gasteiger partial charge in [0.25, 0.3) is 6.43 Å². The Labute approximate surface area is 125 Å². The summed E-state index contributed by atoms with van der Waals surface area (Å²) in [4.78, 5) is 33.5. The number of carbonyl (C=O) groups excluding carboxylic acids is 3. The second-order valence-electron chi connectivity index (χ2n) is 4.30. The summed E-state index contributed by atoms with van der Waals surface area (Å²) in [5.41, 5.74) is -1.38. The first-order valence-corrected chi connectivity index (χ1v) is 6.04. The zero-order valence-corrected chi connectivity index (χ0v) is 12.0. The van der Waals surface area contributed by atoms with Crippen molar-refractivity contribution in [3.8, 4) is 0 Å². The summed E-state index contributed by atoms with van der Waals surface area (Å²) in [5.74, 6) is -1.55. The second kappa shape index (κ2) is 9.48. The molecule has 1 amide bonds. The van der Waals surface area contributed by atoms with E-state index in [-0.39, 0.29) is 0 Å². The lowest BCUT2D eigenvalue weighted by atomic mass is 10.1. The molecule has 0 spiro atoms. The lowest BCUT2D eigenvalue weighted by Gasteiger charge is -2.28. The Morgan fingerprint density at radius 2 is 1.55 bits per heavy atom. The largest absolute Gasteiger partial charge is 0.460 e. The number of ether oxygens (including phenoxy) is 3. The molecule has 1 N–H and O–H groups in total. The molecule has 0 fully saturated rings. The summed E-state index contributed by atoms with van der Waals surface area (Å²) in [6, 6.07) is 0. The second-order valence-corrected chi connectivity index (χ2v) is 4.30. The average Bonchev–Trinajstić information content (AvgIpc) is 2.48. The van der Waals surface area contributed by atoms with Crippen molar-refractivity contribution in [3.63, 3.8) is 0 Å². The molecule has 0 aliphatic heterocycles. The first-order valence-electron chi connectivity index (χ1n) is 6.04. The molecule has 0 saturated carbocycles. The third-order valence-electron chi connectivity index (χ3n) is 2.14. The summed E-state index contributed by atoms with van der Waals surface area (Å²) in [6.45, 7) is 5.85. The lowest BCUT2D eigenvalue weighted by molar-refractivity contribution is -0.144. The quantitative estimate of drug-likeness (QED) is 0.390. The van der Waals surface area contributed by atoms with Crippen LogP contribution in [0.3, 0.4) is 0 Å². The van der Waals surface area contributed by atoms with Gasteiger partial charge in [0.2, 0.25) is 0 Å². The van der Waals surface area contributed by atoms with E-state index in [4.69, 9.17) is 9.47 Å². The molecule has 0 heterocycles. The minimum Gasteiger partial charge on any atom is -0.460 e. The van der Waals surface area contributed by atoms with Crippen molar-refractivity contribution in [2.45, 2.75) is 18.9 Å². The van der Waals surface area contributed by atoms with Gasteiger partial charge < -0.3 is 19.5 Å². The summed E-state index contributed by atoms with van der Waals surface area (Å²) in [5, 5.41) is 2.19. The fourth-order valence-electron chi connectivity index (χ4n) is 1.11. The van der Waals surface area contributed by atoms with Crippen LogP contribution < -0.4 is 5.32 Å². The molecule has 0 bridgehead atoms. The third-order valence-corrected chi connectivity index (χ3v) is 2.14. The SMILES string of the molecule is C=CC(=O)OCC(C)(COC(=O)C=C)NC(=O)OCC(F)F. The van der Waals surface area contributed by atoms with Crippen LogP contribution in [0.5, 0.6) is 0 Å². The van der Waals surface area contributed by atoms with E-state index in [1.807, 2.05) is 0 Å². The average molecular weight is 321 g/mol. The topological polar surface area (TPSA) is 90.9 Å². The van der Waals surface area contributed by atoms with Crippen LogP contribution in [0.1, 0.15) is 6.92 Å². The van der Waals surface area contributed by atoms with Gasteiger partial charge in [-0.15, -0.1) is 0 Å². The highest BCUT2D eigenvalue weighted by atomic mass is 19.3. The van der Waals surface area contributed by atoms with Gasteiger partial charge in [-0.1, -0.05) is 13.2 Å². The number of alkyl halides is 2. The van der Waals surface area contributed by atoms with E-state index >= 15 is 0 Å². The fraction of sp³-hybridized carbons (Fsp3) is 0.462. The smallest absolute Gasteiger partial charge is 0.407 e. The standard InChI is InChI=1S/C13H17F2NO6/c1-4-10(17)21-7-13(3,8-22-11(18)5-2)16-12(19)20-6-9(14)15/h4-5,9H,1-2,6-8H2,3H3,(H,16,19). The number of alkyl carbamates (subject to hydrolysis) is 1. The number of esters is 2. The Bertz CT molecular complexity index is 414. The molecule has 0 aromatic carbocycles. The molecule has 0 atom stereocenters. The van der Waals surface area contributed by atoms with Crippen molar-refractivity contribution >= 4 is 18.0 Å². The molecule has 0 rings (SSSR count). The number of rotatable bonds is 9. The minimum atomic E-state index is -2.82. The number of halogens is 2. The number of amides is 1. The molecule has 7 nitrogen and oxygen atoms in total. The van der Waals surface area contributed by atoms with Gasteiger partial charge >= 0.3 is 18.0 Å². The highest BCUT2D eigenvalue weighted by Gasteiger charge is 2.31. The summed E-state index contributed by atoms with van der Waals surface area (Å²) in [6.07, 6.45) is -2.21. The van der Waals surface area contributed by atoms with E-state index in [0.717, 1.165) is 12.2 Å². The van der Waals surface area contributed by atoms with Crippen LogP contribution >= 0.6 is 0 Å². The van der Waals surface area contributed by atoms with E-state index in [1.165, 1.54) is 6.92 Å². The molecule has 22 heavy (non-hydrogen) atoms. The van der Waals surface area contributed by atoms with Gasteiger partial charge in [-0.2, -0.15) is 0 Å². The molecule has 0 aromatic heterocycles. The Kier molecular flexibility index (Phi) is 8.42. The van der Waals surface area contributed by atoms with Crippen LogP contribution in [-0.4, -0.2) is 49.8 Å². The van der Waals surface area contributed by atoms with Crippen molar-refractivity contribution < 1.29 is 37.4 Å². The molecule has 0 radical (unpaired) electrons. The van der Waals surface area contributed by atoms with Crippen molar-refractivity contribution in [2.75, 3.05) is 19.8 Å². The van der Waals surface area contributed by atoms with Crippen LogP contribution in [0.4, 0.5) is 13.6 Å². The molecule has 0 saturated heterocycles. The Morgan fingerprint density at radius 3 is 1.91 bits per heavy atom. The molecular formula is C13H17F2NO6. The van der Waals surface area contributed by atoms with Crippen LogP contribution in [0, 0.1) is 0 Å². The summed E-state index contributed by atoms with van der Waals surface area (Å²) < 4.78 is 37.7.